The molecule has 1 heterocycles. The van der Waals surface area contributed by atoms with Crippen LogP contribution in [0, 0.1) is 11.8 Å². The molecule has 1 aliphatic heterocycles. The van der Waals surface area contributed by atoms with Gasteiger partial charge < -0.3 is 4.74 Å². The van der Waals surface area contributed by atoms with Crippen molar-refractivity contribution in [1.29, 1.82) is 0 Å². The van der Waals surface area contributed by atoms with Crippen LogP contribution in [0.3, 0.4) is 0 Å². The summed E-state index contributed by atoms with van der Waals surface area (Å²) in [6.45, 7) is 0. The van der Waals surface area contributed by atoms with Gasteiger partial charge in [-0.05, 0) is 5.56 Å². The quantitative estimate of drug-likeness (QED) is 0.489. The predicted octanol–water partition coefficient (Wildman–Crippen LogP) is 1.10. The highest BCUT2D eigenvalue weighted by Gasteiger charge is 2.66. The lowest BCUT2D eigenvalue weighted by Crippen LogP contribution is -2.09. The molecule has 2 aliphatic rings. The highest BCUT2D eigenvalue weighted by molar-refractivity contribution is 6.02. The van der Waals surface area contributed by atoms with Crippen LogP contribution in [-0.4, -0.2) is 11.9 Å². The van der Waals surface area contributed by atoms with E-state index in [2.05, 4.69) is 4.74 Å². The molecular formula is C11H8O3. The fraction of sp³-hybridized carbons (Fsp3) is 0.273. The minimum absolute atomic E-state index is 0.0740. The maximum atomic E-state index is 11.2. The second-order valence-corrected chi connectivity index (χ2v) is 3.73. The molecule has 14 heavy (non-hydrogen) atoms. The topological polar surface area (TPSA) is 43.4 Å². The molecule has 0 bridgehead atoms. The summed E-state index contributed by atoms with van der Waals surface area (Å²) in [6.07, 6.45) is 0. The van der Waals surface area contributed by atoms with Gasteiger partial charge in [0.25, 0.3) is 0 Å². The maximum Gasteiger partial charge on any atom is 0.318 e. The fourth-order valence-electron chi connectivity index (χ4n) is 2.22. The van der Waals surface area contributed by atoms with Crippen LogP contribution >= 0.6 is 0 Å². The fourth-order valence-corrected chi connectivity index (χ4v) is 2.22. The van der Waals surface area contributed by atoms with Gasteiger partial charge in [0.2, 0.25) is 0 Å². The molecule has 2 fully saturated rings. The summed E-state index contributed by atoms with van der Waals surface area (Å²) < 4.78 is 4.50. The Labute approximate surface area is 80.7 Å². The molecule has 0 radical (unpaired) electrons. The van der Waals surface area contributed by atoms with E-state index in [-0.39, 0.29) is 29.7 Å². The van der Waals surface area contributed by atoms with Gasteiger partial charge >= 0.3 is 11.9 Å². The minimum atomic E-state index is -0.353. The van der Waals surface area contributed by atoms with Gasteiger partial charge in [-0.2, -0.15) is 0 Å². The van der Waals surface area contributed by atoms with Crippen LogP contribution in [0.4, 0.5) is 0 Å². The van der Waals surface area contributed by atoms with Crippen molar-refractivity contribution < 1.29 is 14.3 Å². The zero-order valence-corrected chi connectivity index (χ0v) is 7.34. The monoisotopic (exact) mass is 188 g/mol. The number of cyclic esters (lactones) is 2. The number of hydrogen-bond donors (Lipinski definition) is 0. The molecule has 1 saturated carbocycles. The van der Waals surface area contributed by atoms with Crippen molar-refractivity contribution in [1.82, 2.24) is 0 Å². The number of ether oxygens (including phenoxy) is 1. The normalized spacial score (nSPS) is 33.9. The second-order valence-electron chi connectivity index (χ2n) is 3.73. The molecular weight excluding hydrogens is 180 g/mol. The number of hydrogen-bond acceptors (Lipinski definition) is 3. The Bertz CT molecular complexity index is 390. The van der Waals surface area contributed by atoms with Crippen LogP contribution in [0.1, 0.15) is 11.5 Å². The highest BCUT2D eigenvalue weighted by atomic mass is 16.6. The van der Waals surface area contributed by atoms with Crippen molar-refractivity contribution in [3.63, 3.8) is 0 Å². The zero-order valence-electron chi connectivity index (χ0n) is 7.34. The lowest BCUT2D eigenvalue weighted by Gasteiger charge is -2.01. The zero-order chi connectivity index (χ0) is 9.71. The first-order chi connectivity index (χ1) is 6.79. The maximum absolute atomic E-state index is 11.2. The van der Waals surface area contributed by atoms with Crippen molar-refractivity contribution in [3.8, 4) is 0 Å². The Morgan fingerprint density at radius 1 is 0.857 bits per heavy atom. The van der Waals surface area contributed by atoms with Crippen LogP contribution in [0.2, 0.25) is 0 Å². The third-order valence-electron chi connectivity index (χ3n) is 2.95. The molecule has 1 aliphatic carbocycles. The number of rotatable bonds is 1. The summed E-state index contributed by atoms with van der Waals surface area (Å²) in [5.74, 6) is -1.04. The average Bonchev–Trinajstić information content (AvgIpc) is 2.87. The third kappa shape index (κ3) is 0.867. The van der Waals surface area contributed by atoms with Gasteiger partial charge in [0.05, 0.1) is 11.8 Å². The van der Waals surface area contributed by atoms with E-state index in [1.54, 1.807) is 0 Å². The van der Waals surface area contributed by atoms with E-state index in [1.807, 2.05) is 30.3 Å². The molecule has 70 valence electrons. The highest BCUT2D eigenvalue weighted by Crippen LogP contribution is 2.58. The van der Waals surface area contributed by atoms with E-state index in [4.69, 9.17) is 0 Å². The molecule has 3 rings (SSSR count). The van der Waals surface area contributed by atoms with E-state index in [9.17, 15) is 9.59 Å². The van der Waals surface area contributed by atoms with Gasteiger partial charge in [-0.3, -0.25) is 9.59 Å². The first-order valence-corrected chi connectivity index (χ1v) is 4.59. The van der Waals surface area contributed by atoms with Gasteiger partial charge in [0, 0.05) is 5.92 Å². The lowest BCUT2D eigenvalue weighted by atomic mass is 10.1. The molecule has 0 spiro atoms. The van der Waals surface area contributed by atoms with Crippen LogP contribution in [0.15, 0.2) is 30.3 Å². The molecule has 1 aromatic rings. The van der Waals surface area contributed by atoms with E-state index in [0.717, 1.165) is 5.56 Å². The Balaban J connectivity index is 1.93. The van der Waals surface area contributed by atoms with Crippen LogP contribution in [0.5, 0.6) is 0 Å². The summed E-state index contributed by atoms with van der Waals surface area (Å²) in [7, 11) is 0. The van der Waals surface area contributed by atoms with Gasteiger partial charge in [-0.1, -0.05) is 30.3 Å². The minimum Gasteiger partial charge on any atom is -0.393 e. The molecule has 3 atom stereocenters. The van der Waals surface area contributed by atoms with Crippen LogP contribution in [0.25, 0.3) is 0 Å². The Kier molecular flexibility index (Phi) is 1.35. The average molecular weight is 188 g/mol. The standard InChI is InChI=1S/C11H8O3/c12-10-8-7(9(8)11(13)14-10)6-4-2-1-3-5-6/h1-5,7-9H/t7?,8-,9+. The molecule has 1 aromatic carbocycles. The van der Waals surface area contributed by atoms with E-state index >= 15 is 0 Å². The number of carbonyl (C=O) groups is 2. The lowest BCUT2D eigenvalue weighted by molar-refractivity contribution is -0.155. The van der Waals surface area contributed by atoms with E-state index in [0.29, 0.717) is 0 Å². The molecule has 0 N–H and O–H groups in total. The Morgan fingerprint density at radius 2 is 1.43 bits per heavy atom. The summed E-state index contributed by atoms with van der Waals surface area (Å²) in [5, 5.41) is 0. The summed E-state index contributed by atoms with van der Waals surface area (Å²) in [4.78, 5) is 22.3. The molecule has 1 saturated heterocycles. The molecule has 0 aromatic heterocycles. The third-order valence-corrected chi connectivity index (χ3v) is 2.95. The SMILES string of the molecule is O=C1OC(=O)[C@H]2C(c3ccccc3)[C@@H]12. The van der Waals surface area contributed by atoms with Crippen molar-refractivity contribution in [3.05, 3.63) is 35.9 Å². The number of benzene rings is 1. The number of carbonyl (C=O) groups excluding carboxylic acids is 2. The van der Waals surface area contributed by atoms with Crippen LogP contribution in [-0.2, 0) is 14.3 Å². The first-order valence-electron chi connectivity index (χ1n) is 4.59. The van der Waals surface area contributed by atoms with Crippen molar-refractivity contribution in [2.24, 2.45) is 11.8 Å². The molecule has 3 nitrogen and oxygen atoms in total. The first kappa shape index (κ1) is 7.74. The van der Waals surface area contributed by atoms with Crippen molar-refractivity contribution in [2.75, 3.05) is 0 Å². The molecule has 3 heteroatoms. The summed E-state index contributed by atoms with van der Waals surface area (Å²) in [5.41, 5.74) is 1.06. The Morgan fingerprint density at radius 3 is 2.00 bits per heavy atom. The largest absolute Gasteiger partial charge is 0.393 e. The summed E-state index contributed by atoms with van der Waals surface area (Å²) in [6, 6.07) is 9.65. The van der Waals surface area contributed by atoms with Gasteiger partial charge in [-0.25, -0.2) is 0 Å². The number of esters is 2. The molecule has 0 amide bonds. The Hall–Kier alpha value is -1.64. The summed E-state index contributed by atoms with van der Waals surface area (Å²) >= 11 is 0. The van der Waals surface area contributed by atoms with E-state index < -0.39 is 0 Å². The smallest absolute Gasteiger partial charge is 0.318 e. The van der Waals surface area contributed by atoms with Gasteiger partial charge in [0.1, 0.15) is 0 Å². The predicted molar refractivity (Wildman–Crippen MR) is 47.3 cm³/mol. The van der Waals surface area contributed by atoms with E-state index in [1.165, 1.54) is 0 Å². The van der Waals surface area contributed by atoms with Crippen molar-refractivity contribution in [2.45, 2.75) is 5.92 Å². The number of fused-ring (bicyclic) bond motifs is 1. The van der Waals surface area contributed by atoms with Crippen molar-refractivity contribution >= 4 is 11.9 Å². The second kappa shape index (κ2) is 2.44. The van der Waals surface area contributed by atoms with Gasteiger partial charge in [0.15, 0.2) is 0 Å². The van der Waals surface area contributed by atoms with Crippen LogP contribution < -0.4 is 0 Å². The van der Waals surface area contributed by atoms with Gasteiger partial charge in [-0.15, -0.1) is 0 Å². The molecule has 1 unspecified atom stereocenters.